The van der Waals surface area contributed by atoms with Crippen LogP contribution in [0.25, 0.3) is 16.7 Å². The molecule has 2 aromatic heterocycles. The van der Waals surface area contributed by atoms with Crippen LogP contribution in [-0.2, 0) is 0 Å². The number of carbonyl (C=O) groups excluding carboxylic acids is 1. The smallest absolute Gasteiger partial charge is 0.253 e. The van der Waals surface area contributed by atoms with Crippen LogP contribution in [0.1, 0.15) is 36.5 Å². The molecule has 4 rings (SSSR count). The second-order valence-corrected chi connectivity index (χ2v) is 8.17. The maximum absolute atomic E-state index is 12.2. The first-order valence-electron chi connectivity index (χ1n) is 10.7. The monoisotopic (exact) mass is 406 g/mol. The van der Waals surface area contributed by atoms with Crippen molar-refractivity contribution in [2.45, 2.75) is 32.3 Å². The molecule has 158 valence electrons. The van der Waals surface area contributed by atoms with E-state index < -0.39 is 0 Å². The van der Waals surface area contributed by atoms with Crippen molar-refractivity contribution in [3.63, 3.8) is 0 Å². The minimum Gasteiger partial charge on any atom is -0.489 e. The molecular formula is C24H30N4O2. The Balaban J connectivity index is 1.45. The van der Waals surface area contributed by atoms with Gasteiger partial charge in [0.2, 0.25) is 0 Å². The number of carbonyl (C=O) groups is 1. The first-order chi connectivity index (χ1) is 14.5. The molecular weight excluding hydrogens is 376 g/mol. The molecule has 0 bridgehead atoms. The summed E-state index contributed by atoms with van der Waals surface area (Å²) in [5.74, 6) is 1.66. The van der Waals surface area contributed by atoms with Crippen molar-refractivity contribution in [1.82, 2.24) is 19.4 Å². The first-order valence-corrected chi connectivity index (χ1v) is 10.7. The van der Waals surface area contributed by atoms with Crippen molar-refractivity contribution < 1.29 is 9.53 Å². The van der Waals surface area contributed by atoms with Crippen LogP contribution >= 0.6 is 0 Å². The SMILES string of the molecule is CCCN1CCC(Oc2ccc(-n3ccc4cc(C(=O)N(C)C)ccc43)nc2)CC1. The summed E-state index contributed by atoms with van der Waals surface area (Å²) >= 11 is 0. The van der Waals surface area contributed by atoms with E-state index in [9.17, 15) is 4.79 Å². The molecule has 6 heteroatoms. The lowest BCUT2D eigenvalue weighted by atomic mass is 10.1. The van der Waals surface area contributed by atoms with Gasteiger partial charge in [0.1, 0.15) is 17.7 Å². The predicted molar refractivity (Wildman–Crippen MR) is 119 cm³/mol. The Bertz CT molecular complexity index is 1000. The van der Waals surface area contributed by atoms with E-state index in [4.69, 9.17) is 4.74 Å². The molecule has 1 amide bonds. The average Bonchev–Trinajstić information content (AvgIpc) is 3.18. The van der Waals surface area contributed by atoms with Crippen molar-refractivity contribution in [1.29, 1.82) is 0 Å². The number of piperidine rings is 1. The van der Waals surface area contributed by atoms with Crippen LogP contribution in [0, 0.1) is 0 Å². The molecule has 30 heavy (non-hydrogen) atoms. The number of pyridine rings is 1. The van der Waals surface area contributed by atoms with E-state index in [1.807, 2.05) is 53.4 Å². The maximum atomic E-state index is 12.2. The predicted octanol–water partition coefficient (Wildman–Crippen LogP) is 3.98. The van der Waals surface area contributed by atoms with Crippen LogP contribution in [-0.4, -0.2) is 65.1 Å². The number of benzene rings is 1. The molecule has 0 unspecified atom stereocenters. The van der Waals surface area contributed by atoms with Crippen molar-refractivity contribution in [2.75, 3.05) is 33.7 Å². The summed E-state index contributed by atoms with van der Waals surface area (Å²) in [5.41, 5.74) is 1.71. The molecule has 0 radical (unpaired) electrons. The second-order valence-electron chi connectivity index (χ2n) is 8.17. The Morgan fingerprint density at radius 3 is 2.63 bits per heavy atom. The van der Waals surface area contributed by atoms with Crippen LogP contribution in [0.3, 0.4) is 0 Å². The highest BCUT2D eigenvalue weighted by Crippen LogP contribution is 2.24. The minimum absolute atomic E-state index is 0.00445. The molecule has 0 aliphatic carbocycles. The van der Waals surface area contributed by atoms with E-state index in [1.165, 1.54) is 13.0 Å². The van der Waals surface area contributed by atoms with E-state index in [-0.39, 0.29) is 12.0 Å². The highest BCUT2D eigenvalue weighted by molar-refractivity contribution is 5.98. The Kier molecular flexibility index (Phi) is 6.04. The normalized spacial score (nSPS) is 15.4. The van der Waals surface area contributed by atoms with Gasteiger partial charge in [0, 0.05) is 44.3 Å². The molecule has 0 N–H and O–H groups in total. The minimum atomic E-state index is 0.00445. The van der Waals surface area contributed by atoms with Gasteiger partial charge in [-0.1, -0.05) is 6.92 Å². The number of amides is 1. The molecule has 6 nitrogen and oxygen atoms in total. The topological polar surface area (TPSA) is 50.6 Å². The van der Waals surface area contributed by atoms with E-state index in [0.717, 1.165) is 48.4 Å². The summed E-state index contributed by atoms with van der Waals surface area (Å²) in [6.45, 7) is 5.62. The van der Waals surface area contributed by atoms with Crippen LogP contribution < -0.4 is 4.74 Å². The van der Waals surface area contributed by atoms with E-state index in [0.29, 0.717) is 5.56 Å². The number of aromatic nitrogens is 2. The largest absolute Gasteiger partial charge is 0.489 e. The van der Waals surface area contributed by atoms with Gasteiger partial charge in [-0.05, 0) is 62.2 Å². The standard InChI is InChI=1S/C24H30N4O2/c1-4-12-27-13-10-20(11-14-27)30-21-6-8-23(25-17-21)28-15-9-18-16-19(5-7-22(18)28)24(29)26(2)3/h5-9,15-17,20H,4,10-14H2,1-3H3. The molecule has 0 atom stereocenters. The number of nitrogens with zero attached hydrogens (tertiary/aromatic N) is 4. The van der Waals surface area contributed by atoms with Crippen molar-refractivity contribution in [2.24, 2.45) is 0 Å². The lowest BCUT2D eigenvalue weighted by Crippen LogP contribution is -2.38. The Hall–Kier alpha value is -2.86. The van der Waals surface area contributed by atoms with Crippen LogP contribution in [0.5, 0.6) is 5.75 Å². The van der Waals surface area contributed by atoms with Crippen molar-refractivity contribution in [3.05, 3.63) is 54.4 Å². The van der Waals surface area contributed by atoms with Gasteiger partial charge in [0.15, 0.2) is 0 Å². The fourth-order valence-electron chi connectivity index (χ4n) is 4.08. The summed E-state index contributed by atoms with van der Waals surface area (Å²) in [6.07, 6.45) is 7.41. The van der Waals surface area contributed by atoms with Crippen LogP contribution in [0.2, 0.25) is 0 Å². The summed E-state index contributed by atoms with van der Waals surface area (Å²) < 4.78 is 8.20. The van der Waals surface area contributed by atoms with Gasteiger partial charge in [-0.2, -0.15) is 0 Å². The molecule has 1 aliphatic heterocycles. The molecule has 1 aromatic carbocycles. The number of fused-ring (bicyclic) bond motifs is 1. The van der Waals surface area contributed by atoms with Gasteiger partial charge in [0.25, 0.3) is 5.91 Å². The van der Waals surface area contributed by atoms with E-state index >= 15 is 0 Å². The van der Waals surface area contributed by atoms with Crippen LogP contribution in [0.4, 0.5) is 0 Å². The molecule has 3 aromatic rings. The maximum Gasteiger partial charge on any atom is 0.253 e. The van der Waals surface area contributed by atoms with Crippen molar-refractivity contribution in [3.8, 4) is 11.6 Å². The summed E-state index contributed by atoms with van der Waals surface area (Å²) in [6, 6.07) is 11.8. The van der Waals surface area contributed by atoms with Gasteiger partial charge in [-0.3, -0.25) is 4.79 Å². The number of hydrogen-bond donors (Lipinski definition) is 0. The highest BCUT2D eigenvalue weighted by Gasteiger charge is 2.20. The van der Waals surface area contributed by atoms with Gasteiger partial charge >= 0.3 is 0 Å². The third-order valence-electron chi connectivity index (χ3n) is 5.69. The first kappa shape index (κ1) is 20.4. The molecule has 0 spiro atoms. The van der Waals surface area contributed by atoms with Gasteiger partial charge in [-0.15, -0.1) is 0 Å². The second kappa shape index (κ2) is 8.88. The molecule has 0 saturated carbocycles. The van der Waals surface area contributed by atoms with Gasteiger partial charge < -0.3 is 19.1 Å². The Morgan fingerprint density at radius 1 is 1.17 bits per heavy atom. The lowest BCUT2D eigenvalue weighted by molar-refractivity contribution is 0.0827. The van der Waals surface area contributed by atoms with Gasteiger partial charge in [-0.25, -0.2) is 4.98 Å². The zero-order chi connectivity index (χ0) is 21.1. The number of ether oxygens (including phenoxy) is 1. The zero-order valence-electron chi connectivity index (χ0n) is 18.0. The molecule has 3 heterocycles. The zero-order valence-corrected chi connectivity index (χ0v) is 18.0. The average molecular weight is 407 g/mol. The van der Waals surface area contributed by atoms with Gasteiger partial charge in [0.05, 0.1) is 11.7 Å². The highest BCUT2D eigenvalue weighted by atomic mass is 16.5. The van der Waals surface area contributed by atoms with E-state index in [2.05, 4.69) is 16.8 Å². The molecule has 1 saturated heterocycles. The fourth-order valence-corrected chi connectivity index (χ4v) is 4.08. The third-order valence-corrected chi connectivity index (χ3v) is 5.69. The number of likely N-dealkylation sites (tertiary alicyclic amines) is 1. The molecule has 1 aliphatic rings. The summed E-state index contributed by atoms with van der Waals surface area (Å²) in [5, 5.41) is 1.02. The van der Waals surface area contributed by atoms with Crippen molar-refractivity contribution >= 4 is 16.8 Å². The summed E-state index contributed by atoms with van der Waals surface area (Å²) in [4.78, 5) is 20.9. The Labute approximate surface area is 178 Å². The Morgan fingerprint density at radius 2 is 1.97 bits per heavy atom. The quantitative estimate of drug-likeness (QED) is 0.621. The van der Waals surface area contributed by atoms with Crippen LogP contribution in [0.15, 0.2) is 48.8 Å². The number of rotatable bonds is 6. The lowest BCUT2D eigenvalue weighted by Gasteiger charge is -2.31. The molecule has 1 fully saturated rings. The fraction of sp³-hybridized carbons (Fsp3) is 0.417. The third kappa shape index (κ3) is 4.33. The summed E-state index contributed by atoms with van der Waals surface area (Å²) in [7, 11) is 3.53. The van der Waals surface area contributed by atoms with E-state index in [1.54, 1.807) is 19.0 Å². The number of hydrogen-bond acceptors (Lipinski definition) is 4.